The van der Waals surface area contributed by atoms with Crippen molar-refractivity contribution < 1.29 is 0 Å². The summed E-state index contributed by atoms with van der Waals surface area (Å²) in [5, 5.41) is 1.15. The third-order valence-electron chi connectivity index (χ3n) is 4.82. The quantitative estimate of drug-likeness (QED) is 0.723. The first-order valence-corrected chi connectivity index (χ1v) is 9.04. The molecule has 0 spiro atoms. The van der Waals surface area contributed by atoms with Gasteiger partial charge in [0.25, 0.3) is 0 Å². The minimum atomic E-state index is 0.328. The predicted molar refractivity (Wildman–Crippen MR) is 104 cm³/mol. The summed E-state index contributed by atoms with van der Waals surface area (Å²) in [6.07, 6.45) is 0. The molecule has 128 valence electrons. The first-order chi connectivity index (χ1) is 12.2. The van der Waals surface area contributed by atoms with E-state index in [0.717, 1.165) is 48.7 Å². The molecule has 0 saturated carbocycles. The molecular weight excluding hydrogens is 308 g/mol. The Balaban J connectivity index is 1.62. The highest BCUT2D eigenvalue weighted by Gasteiger charge is 2.21. The van der Waals surface area contributed by atoms with Gasteiger partial charge in [0.1, 0.15) is 11.6 Å². The third kappa shape index (κ3) is 3.16. The molecule has 0 radical (unpaired) electrons. The number of benzene rings is 2. The van der Waals surface area contributed by atoms with E-state index in [-0.39, 0.29) is 0 Å². The lowest BCUT2D eigenvalue weighted by molar-refractivity contribution is 0.645. The van der Waals surface area contributed by atoms with Gasteiger partial charge in [-0.25, -0.2) is 9.97 Å². The van der Waals surface area contributed by atoms with Crippen LogP contribution in [0, 0.1) is 0 Å². The van der Waals surface area contributed by atoms with E-state index < -0.39 is 0 Å². The average molecular weight is 332 g/mol. The molecule has 0 atom stereocenters. The van der Waals surface area contributed by atoms with Crippen molar-refractivity contribution in [1.82, 2.24) is 9.97 Å². The van der Waals surface area contributed by atoms with Gasteiger partial charge in [-0.2, -0.15) is 0 Å². The van der Waals surface area contributed by atoms with E-state index in [1.165, 1.54) is 5.69 Å². The largest absolute Gasteiger partial charge is 0.368 e. The molecule has 3 aromatic rings. The van der Waals surface area contributed by atoms with Gasteiger partial charge >= 0.3 is 0 Å². The Hall–Kier alpha value is -2.62. The number of para-hydroxylation sites is 2. The Labute approximate surface area is 149 Å². The number of hydrogen-bond acceptors (Lipinski definition) is 4. The van der Waals surface area contributed by atoms with E-state index in [2.05, 4.69) is 78.2 Å². The van der Waals surface area contributed by atoms with Crippen LogP contribution in [0.5, 0.6) is 0 Å². The van der Waals surface area contributed by atoms with Crippen molar-refractivity contribution in [3.63, 3.8) is 0 Å². The molecule has 4 nitrogen and oxygen atoms in total. The summed E-state index contributed by atoms with van der Waals surface area (Å²) in [7, 11) is 0. The lowest BCUT2D eigenvalue weighted by atomic mass is 10.1. The van der Waals surface area contributed by atoms with Crippen LogP contribution in [0.4, 0.5) is 11.5 Å². The summed E-state index contributed by atoms with van der Waals surface area (Å²) in [4.78, 5) is 14.5. The van der Waals surface area contributed by atoms with Crippen LogP contribution >= 0.6 is 0 Å². The topological polar surface area (TPSA) is 32.3 Å². The lowest BCUT2D eigenvalue weighted by Gasteiger charge is -2.37. The van der Waals surface area contributed by atoms with Crippen molar-refractivity contribution in [1.29, 1.82) is 0 Å². The smallest absolute Gasteiger partial charge is 0.140 e. The molecule has 0 bridgehead atoms. The van der Waals surface area contributed by atoms with E-state index in [9.17, 15) is 0 Å². The normalized spacial score (nSPS) is 15.2. The summed E-state index contributed by atoms with van der Waals surface area (Å²) in [5.74, 6) is 2.34. The van der Waals surface area contributed by atoms with E-state index in [0.29, 0.717) is 5.92 Å². The maximum atomic E-state index is 4.92. The second kappa shape index (κ2) is 6.71. The van der Waals surface area contributed by atoms with Crippen molar-refractivity contribution in [3.8, 4) is 0 Å². The van der Waals surface area contributed by atoms with Crippen molar-refractivity contribution in [2.24, 2.45) is 0 Å². The molecule has 0 N–H and O–H groups in total. The second-order valence-electron chi connectivity index (χ2n) is 6.89. The summed E-state index contributed by atoms with van der Waals surface area (Å²) in [5.41, 5.74) is 2.35. The summed E-state index contributed by atoms with van der Waals surface area (Å²) in [6.45, 7) is 8.29. The molecule has 4 heteroatoms. The Morgan fingerprint density at radius 3 is 2.12 bits per heavy atom. The minimum Gasteiger partial charge on any atom is -0.368 e. The SMILES string of the molecule is CC(C)c1nc(N2CCN(c3ccccc3)CC2)c2ccccc2n1. The molecule has 2 heterocycles. The minimum absolute atomic E-state index is 0.328. The summed E-state index contributed by atoms with van der Waals surface area (Å²) in [6, 6.07) is 19.0. The molecule has 1 aliphatic heterocycles. The van der Waals surface area contributed by atoms with Crippen LogP contribution in [0.1, 0.15) is 25.6 Å². The monoisotopic (exact) mass is 332 g/mol. The molecule has 4 rings (SSSR count). The fourth-order valence-corrected chi connectivity index (χ4v) is 3.39. The lowest BCUT2D eigenvalue weighted by Crippen LogP contribution is -2.47. The number of piperazine rings is 1. The highest BCUT2D eigenvalue weighted by molar-refractivity contribution is 5.89. The van der Waals surface area contributed by atoms with Gasteiger partial charge in [0.15, 0.2) is 0 Å². The molecule has 1 aliphatic rings. The van der Waals surface area contributed by atoms with E-state index >= 15 is 0 Å². The fraction of sp³-hybridized carbons (Fsp3) is 0.333. The molecular formula is C21H24N4. The van der Waals surface area contributed by atoms with Crippen LogP contribution in [0.3, 0.4) is 0 Å². The van der Waals surface area contributed by atoms with E-state index in [1.54, 1.807) is 0 Å². The van der Waals surface area contributed by atoms with E-state index in [4.69, 9.17) is 9.97 Å². The fourth-order valence-electron chi connectivity index (χ4n) is 3.39. The van der Waals surface area contributed by atoms with Gasteiger partial charge in [-0.05, 0) is 24.3 Å². The number of hydrogen-bond donors (Lipinski definition) is 0. The van der Waals surface area contributed by atoms with E-state index in [1.807, 2.05) is 0 Å². The van der Waals surface area contributed by atoms with Crippen molar-refractivity contribution >= 4 is 22.4 Å². The second-order valence-corrected chi connectivity index (χ2v) is 6.89. The van der Waals surface area contributed by atoms with Crippen LogP contribution in [0.25, 0.3) is 10.9 Å². The molecule has 1 aromatic heterocycles. The molecule has 1 saturated heterocycles. The van der Waals surface area contributed by atoms with Gasteiger partial charge < -0.3 is 9.80 Å². The zero-order valence-electron chi connectivity index (χ0n) is 14.9. The Kier molecular flexibility index (Phi) is 4.26. The van der Waals surface area contributed by atoms with Crippen LogP contribution in [-0.2, 0) is 0 Å². The van der Waals surface area contributed by atoms with Gasteiger partial charge in [0.05, 0.1) is 5.52 Å². The Morgan fingerprint density at radius 1 is 0.760 bits per heavy atom. The maximum absolute atomic E-state index is 4.92. The van der Waals surface area contributed by atoms with Crippen LogP contribution < -0.4 is 9.80 Å². The predicted octanol–water partition coefficient (Wildman–Crippen LogP) is 4.08. The number of anilines is 2. The molecule has 0 unspecified atom stereocenters. The molecule has 0 aliphatic carbocycles. The highest BCUT2D eigenvalue weighted by Crippen LogP contribution is 2.27. The maximum Gasteiger partial charge on any atom is 0.140 e. The zero-order chi connectivity index (χ0) is 17.2. The van der Waals surface area contributed by atoms with Gasteiger partial charge in [0.2, 0.25) is 0 Å². The Bertz CT molecular complexity index is 852. The van der Waals surface area contributed by atoms with Crippen LogP contribution in [0.2, 0.25) is 0 Å². The molecule has 2 aromatic carbocycles. The average Bonchev–Trinajstić information content (AvgIpc) is 2.68. The number of aromatic nitrogens is 2. The first-order valence-electron chi connectivity index (χ1n) is 9.04. The number of rotatable bonds is 3. The van der Waals surface area contributed by atoms with Crippen molar-refractivity contribution in [3.05, 3.63) is 60.4 Å². The van der Waals surface area contributed by atoms with Crippen LogP contribution in [-0.4, -0.2) is 36.1 Å². The summed E-state index contributed by atoms with van der Waals surface area (Å²) >= 11 is 0. The van der Waals surface area contributed by atoms with Gasteiger partial charge in [-0.15, -0.1) is 0 Å². The first kappa shape index (κ1) is 15.9. The summed E-state index contributed by atoms with van der Waals surface area (Å²) < 4.78 is 0. The zero-order valence-corrected chi connectivity index (χ0v) is 14.9. The molecule has 0 amide bonds. The standard InChI is InChI=1S/C21H24N4/c1-16(2)20-22-19-11-7-6-10-18(19)21(23-20)25-14-12-24(13-15-25)17-8-4-3-5-9-17/h3-11,16H,12-15H2,1-2H3. The molecule has 25 heavy (non-hydrogen) atoms. The van der Waals surface area contributed by atoms with Gasteiger partial charge in [-0.1, -0.05) is 44.2 Å². The Morgan fingerprint density at radius 2 is 1.40 bits per heavy atom. The number of nitrogens with zero attached hydrogens (tertiary/aromatic N) is 4. The van der Waals surface area contributed by atoms with Crippen molar-refractivity contribution in [2.75, 3.05) is 36.0 Å². The molecule has 1 fully saturated rings. The van der Waals surface area contributed by atoms with Crippen LogP contribution in [0.15, 0.2) is 54.6 Å². The van der Waals surface area contributed by atoms with Gasteiger partial charge in [-0.3, -0.25) is 0 Å². The third-order valence-corrected chi connectivity index (χ3v) is 4.82. The number of fused-ring (bicyclic) bond motifs is 1. The highest BCUT2D eigenvalue weighted by atomic mass is 15.3. The van der Waals surface area contributed by atoms with Gasteiger partial charge in [0, 0.05) is 43.2 Å². The van der Waals surface area contributed by atoms with Crippen molar-refractivity contribution in [2.45, 2.75) is 19.8 Å².